The van der Waals surface area contributed by atoms with E-state index in [9.17, 15) is 0 Å². The summed E-state index contributed by atoms with van der Waals surface area (Å²) in [6.45, 7) is 4.06. The van der Waals surface area contributed by atoms with E-state index in [0.29, 0.717) is 6.61 Å². The molecule has 0 aliphatic carbocycles. The third kappa shape index (κ3) is 4.08. The first-order valence-corrected chi connectivity index (χ1v) is 8.28. The molecule has 0 aromatic heterocycles. The topological polar surface area (TPSA) is 12.5 Å². The van der Waals surface area contributed by atoms with Crippen molar-refractivity contribution in [2.45, 2.75) is 26.0 Å². The van der Waals surface area contributed by atoms with Crippen LogP contribution in [0.5, 0.6) is 5.75 Å². The summed E-state index contributed by atoms with van der Waals surface area (Å²) in [5.41, 5.74) is 2.51. The summed E-state index contributed by atoms with van der Waals surface area (Å²) in [6, 6.07) is 16.7. The van der Waals surface area contributed by atoms with Crippen LogP contribution < -0.4 is 4.74 Å². The molecule has 0 atom stereocenters. The normalized spacial score (nSPS) is 15.3. The van der Waals surface area contributed by atoms with Crippen LogP contribution in [0.2, 0.25) is 0 Å². The highest BCUT2D eigenvalue weighted by Crippen LogP contribution is 2.28. The van der Waals surface area contributed by atoms with Crippen molar-refractivity contribution < 1.29 is 4.74 Å². The Bertz CT molecular complexity index is 579. The van der Waals surface area contributed by atoms with Gasteiger partial charge in [0, 0.05) is 6.54 Å². The average Bonchev–Trinajstić information content (AvgIpc) is 3.02. The molecule has 0 radical (unpaired) electrons. The van der Waals surface area contributed by atoms with Crippen molar-refractivity contribution in [3.63, 3.8) is 0 Å². The Hall–Kier alpha value is -1.32. The number of nitrogens with zero attached hydrogens (tertiary/aromatic N) is 1. The van der Waals surface area contributed by atoms with E-state index in [2.05, 4.69) is 51.2 Å². The van der Waals surface area contributed by atoms with Gasteiger partial charge >= 0.3 is 0 Å². The molecule has 2 aromatic carbocycles. The lowest BCUT2D eigenvalue weighted by molar-refractivity contribution is 0.301. The number of halogens is 1. The van der Waals surface area contributed by atoms with E-state index in [-0.39, 0.29) is 0 Å². The molecule has 1 aliphatic rings. The van der Waals surface area contributed by atoms with Crippen LogP contribution >= 0.6 is 15.9 Å². The second-order valence-electron chi connectivity index (χ2n) is 5.52. The van der Waals surface area contributed by atoms with E-state index in [1.165, 1.54) is 37.1 Å². The number of likely N-dealkylation sites (tertiary alicyclic amines) is 1. The first-order chi connectivity index (χ1) is 10.3. The predicted molar refractivity (Wildman–Crippen MR) is 89.4 cm³/mol. The zero-order valence-electron chi connectivity index (χ0n) is 12.1. The largest absolute Gasteiger partial charge is 0.488 e. The lowest BCUT2D eigenvalue weighted by Crippen LogP contribution is -2.18. The monoisotopic (exact) mass is 345 g/mol. The number of ether oxygens (including phenoxy) is 1. The Morgan fingerprint density at radius 1 is 0.952 bits per heavy atom. The summed E-state index contributed by atoms with van der Waals surface area (Å²) < 4.78 is 6.98. The number of hydrogen-bond donors (Lipinski definition) is 0. The lowest BCUT2D eigenvalue weighted by Gasteiger charge is -2.16. The molecule has 1 aliphatic heterocycles. The van der Waals surface area contributed by atoms with Gasteiger partial charge in [-0.3, -0.25) is 4.90 Å². The fourth-order valence-electron chi connectivity index (χ4n) is 2.69. The van der Waals surface area contributed by atoms with Gasteiger partial charge in [-0.25, -0.2) is 0 Å². The van der Waals surface area contributed by atoms with Crippen molar-refractivity contribution in [1.29, 1.82) is 0 Å². The van der Waals surface area contributed by atoms with E-state index < -0.39 is 0 Å². The van der Waals surface area contributed by atoms with Crippen LogP contribution in [-0.2, 0) is 13.2 Å². The molecule has 110 valence electrons. The van der Waals surface area contributed by atoms with Gasteiger partial charge in [-0.15, -0.1) is 0 Å². The summed E-state index contributed by atoms with van der Waals surface area (Å²) in [4.78, 5) is 2.50. The highest BCUT2D eigenvalue weighted by molar-refractivity contribution is 9.10. The predicted octanol–water partition coefficient (Wildman–Crippen LogP) is 4.62. The van der Waals surface area contributed by atoms with E-state index >= 15 is 0 Å². The Morgan fingerprint density at radius 3 is 2.48 bits per heavy atom. The molecule has 0 N–H and O–H groups in total. The number of hydrogen-bond acceptors (Lipinski definition) is 2. The molecule has 0 bridgehead atoms. The minimum atomic E-state index is 0.604. The maximum Gasteiger partial charge on any atom is 0.134 e. The molecule has 3 rings (SSSR count). The molecule has 0 amide bonds. The molecular formula is C18H20BrNO. The minimum Gasteiger partial charge on any atom is -0.488 e. The van der Waals surface area contributed by atoms with E-state index in [0.717, 1.165) is 16.8 Å². The fourth-order valence-corrected chi connectivity index (χ4v) is 3.05. The summed E-state index contributed by atoms with van der Waals surface area (Å²) in [5.74, 6) is 0.926. The molecule has 0 unspecified atom stereocenters. The molecule has 3 heteroatoms. The van der Waals surface area contributed by atoms with Gasteiger partial charge in [0.25, 0.3) is 0 Å². The highest BCUT2D eigenvalue weighted by Gasteiger charge is 2.12. The Morgan fingerprint density at radius 2 is 1.71 bits per heavy atom. The Kier molecular flexibility index (Phi) is 4.94. The van der Waals surface area contributed by atoms with Crippen LogP contribution in [0.1, 0.15) is 24.0 Å². The van der Waals surface area contributed by atoms with Crippen molar-refractivity contribution in [3.05, 3.63) is 64.1 Å². The third-order valence-electron chi connectivity index (χ3n) is 3.84. The molecule has 2 nitrogen and oxygen atoms in total. The first-order valence-electron chi connectivity index (χ1n) is 7.49. The summed E-state index contributed by atoms with van der Waals surface area (Å²) in [5, 5.41) is 0. The van der Waals surface area contributed by atoms with Crippen molar-refractivity contribution in [3.8, 4) is 5.75 Å². The van der Waals surface area contributed by atoms with Crippen molar-refractivity contribution >= 4 is 15.9 Å². The summed E-state index contributed by atoms with van der Waals surface area (Å²) in [7, 11) is 0. The molecule has 1 heterocycles. The third-order valence-corrected chi connectivity index (χ3v) is 4.49. The van der Waals surface area contributed by atoms with Crippen molar-refractivity contribution in [1.82, 2.24) is 4.90 Å². The van der Waals surface area contributed by atoms with Crippen LogP contribution in [0.15, 0.2) is 53.0 Å². The van der Waals surface area contributed by atoms with Crippen molar-refractivity contribution in [2.75, 3.05) is 13.1 Å². The van der Waals surface area contributed by atoms with Crippen molar-refractivity contribution in [2.24, 2.45) is 0 Å². The molecule has 0 saturated carbocycles. The maximum absolute atomic E-state index is 5.96. The van der Waals surface area contributed by atoms with Gasteiger partial charge in [-0.2, -0.15) is 0 Å². The molecule has 2 aromatic rings. The quantitative estimate of drug-likeness (QED) is 0.783. The molecule has 1 fully saturated rings. The Balaban J connectivity index is 1.66. The zero-order chi connectivity index (χ0) is 14.5. The molecule has 21 heavy (non-hydrogen) atoms. The first kappa shape index (κ1) is 14.6. The van der Waals surface area contributed by atoms with E-state index in [1.807, 2.05) is 18.2 Å². The summed E-state index contributed by atoms with van der Waals surface area (Å²) >= 11 is 3.58. The minimum absolute atomic E-state index is 0.604. The van der Waals surface area contributed by atoms with Gasteiger partial charge in [0.1, 0.15) is 12.4 Å². The van der Waals surface area contributed by atoms with Crippen LogP contribution in [-0.4, -0.2) is 18.0 Å². The zero-order valence-corrected chi connectivity index (χ0v) is 13.7. The fraction of sp³-hybridized carbons (Fsp3) is 0.333. The van der Waals surface area contributed by atoms with Gasteiger partial charge in [0.15, 0.2) is 0 Å². The average molecular weight is 346 g/mol. The molecular weight excluding hydrogens is 326 g/mol. The number of rotatable bonds is 5. The van der Waals surface area contributed by atoms with Gasteiger partial charge < -0.3 is 4.74 Å². The van der Waals surface area contributed by atoms with Crippen LogP contribution in [0.3, 0.4) is 0 Å². The van der Waals surface area contributed by atoms with Crippen LogP contribution in [0, 0.1) is 0 Å². The second-order valence-corrected chi connectivity index (χ2v) is 6.38. The van der Waals surface area contributed by atoms with E-state index in [4.69, 9.17) is 4.74 Å². The smallest absolute Gasteiger partial charge is 0.134 e. The van der Waals surface area contributed by atoms with Gasteiger partial charge in [0.2, 0.25) is 0 Å². The van der Waals surface area contributed by atoms with Gasteiger partial charge in [0.05, 0.1) is 4.47 Å². The molecule has 1 saturated heterocycles. The second kappa shape index (κ2) is 7.10. The highest BCUT2D eigenvalue weighted by atomic mass is 79.9. The molecule has 0 spiro atoms. The maximum atomic E-state index is 5.96. The number of benzene rings is 2. The standard InChI is InChI=1S/C18H20BrNO/c19-17-9-8-16(13-20-10-4-5-11-20)12-18(17)21-14-15-6-2-1-3-7-15/h1-3,6-9,12H,4-5,10-11,13-14H2. The van der Waals surface area contributed by atoms with E-state index in [1.54, 1.807) is 0 Å². The SMILES string of the molecule is Brc1ccc(CN2CCCC2)cc1OCc1ccccc1. The van der Waals surface area contributed by atoms with Gasteiger partial charge in [-0.1, -0.05) is 36.4 Å². The Labute approximate surface area is 134 Å². The van der Waals surface area contributed by atoms with Crippen LogP contribution in [0.4, 0.5) is 0 Å². The van der Waals surface area contributed by atoms with Crippen LogP contribution in [0.25, 0.3) is 0 Å². The lowest BCUT2D eigenvalue weighted by atomic mass is 10.2. The summed E-state index contributed by atoms with van der Waals surface area (Å²) in [6.07, 6.45) is 2.65. The van der Waals surface area contributed by atoms with Gasteiger partial charge in [-0.05, 0) is 65.1 Å².